The van der Waals surface area contributed by atoms with Crippen molar-refractivity contribution in [3.05, 3.63) is 24.3 Å². The van der Waals surface area contributed by atoms with E-state index in [-0.39, 0.29) is 5.92 Å². The average molecular weight is 161 g/mol. The SMILES string of the molecule is CC1(F)C=CC=CC1CCl. The number of allylic oxidation sites excluding steroid dienone is 4. The van der Waals surface area contributed by atoms with Gasteiger partial charge >= 0.3 is 0 Å². The Morgan fingerprint density at radius 3 is 2.70 bits per heavy atom. The lowest BCUT2D eigenvalue weighted by molar-refractivity contribution is 0.202. The van der Waals surface area contributed by atoms with Gasteiger partial charge in [0.25, 0.3) is 0 Å². The third-order valence-corrected chi connectivity index (χ3v) is 2.10. The van der Waals surface area contributed by atoms with Crippen molar-refractivity contribution in [3.63, 3.8) is 0 Å². The van der Waals surface area contributed by atoms with Gasteiger partial charge in [-0.25, -0.2) is 4.39 Å². The molecule has 1 aliphatic rings. The molecule has 0 N–H and O–H groups in total. The van der Waals surface area contributed by atoms with E-state index in [0.717, 1.165) is 0 Å². The van der Waals surface area contributed by atoms with Gasteiger partial charge in [-0.1, -0.05) is 18.2 Å². The summed E-state index contributed by atoms with van der Waals surface area (Å²) in [5.74, 6) is 0.174. The van der Waals surface area contributed by atoms with Crippen LogP contribution in [0.5, 0.6) is 0 Å². The molecule has 2 heteroatoms. The smallest absolute Gasteiger partial charge is 0.134 e. The molecule has 0 amide bonds. The maximum Gasteiger partial charge on any atom is 0.134 e. The summed E-state index contributed by atoms with van der Waals surface area (Å²) < 4.78 is 13.3. The van der Waals surface area contributed by atoms with Gasteiger partial charge in [0.1, 0.15) is 5.67 Å². The van der Waals surface area contributed by atoms with Crippen LogP contribution in [0.25, 0.3) is 0 Å². The lowest BCUT2D eigenvalue weighted by atomic mass is 9.89. The van der Waals surface area contributed by atoms with Crippen molar-refractivity contribution in [2.75, 3.05) is 5.88 Å². The van der Waals surface area contributed by atoms with Crippen LogP contribution in [0.4, 0.5) is 4.39 Å². The molecule has 0 heterocycles. The van der Waals surface area contributed by atoms with Crippen LogP contribution >= 0.6 is 11.6 Å². The Hall–Kier alpha value is -0.300. The molecule has 0 bridgehead atoms. The minimum atomic E-state index is -1.25. The second kappa shape index (κ2) is 2.75. The molecule has 0 saturated heterocycles. The molecule has 10 heavy (non-hydrogen) atoms. The van der Waals surface area contributed by atoms with Crippen molar-refractivity contribution in [2.24, 2.45) is 5.92 Å². The summed E-state index contributed by atoms with van der Waals surface area (Å²) in [4.78, 5) is 0. The average Bonchev–Trinajstić information content (AvgIpc) is 1.87. The summed E-state index contributed by atoms with van der Waals surface area (Å²) in [6.07, 6.45) is 6.88. The molecular weight excluding hydrogens is 151 g/mol. The molecule has 0 aromatic rings. The van der Waals surface area contributed by atoms with Crippen LogP contribution in [0.3, 0.4) is 0 Å². The van der Waals surface area contributed by atoms with Crippen molar-refractivity contribution >= 4 is 11.6 Å². The molecule has 0 radical (unpaired) electrons. The van der Waals surface area contributed by atoms with Crippen molar-refractivity contribution < 1.29 is 4.39 Å². The Labute approximate surface area is 65.4 Å². The van der Waals surface area contributed by atoms with E-state index < -0.39 is 5.67 Å². The first-order valence-electron chi connectivity index (χ1n) is 3.28. The summed E-state index contributed by atoms with van der Waals surface area (Å²) in [5, 5.41) is 0. The molecule has 56 valence electrons. The van der Waals surface area contributed by atoms with Gasteiger partial charge < -0.3 is 0 Å². The van der Waals surface area contributed by atoms with Crippen LogP contribution in [0.15, 0.2) is 24.3 Å². The zero-order chi connectivity index (χ0) is 7.61. The van der Waals surface area contributed by atoms with E-state index in [9.17, 15) is 4.39 Å². The van der Waals surface area contributed by atoms with E-state index in [4.69, 9.17) is 11.6 Å². The quantitative estimate of drug-likeness (QED) is 0.518. The highest BCUT2D eigenvalue weighted by atomic mass is 35.5. The lowest BCUT2D eigenvalue weighted by Crippen LogP contribution is -2.28. The number of halogens is 2. The Morgan fingerprint density at radius 2 is 2.30 bits per heavy atom. The molecule has 0 aromatic heterocycles. The first-order valence-corrected chi connectivity index (χ1v) is 3.81. The van der Waals surface area contributed by atoms with Crippen molar-refractivity contribution in [2.45, 2.75) is 12.6 Å². The summed E-state index contributed by atoms with van der Waals surface area (Å²) in [6, 6.07) is 0. The molecule has 2 atom stereocenters. The Balaban J connectivity index is 2.74. The van der Waals surface area contributed by atoms with Crippen molar-refractivity contribution in [1.29, 1.82) is 0 Å². The first-order chi connectivity index (χ1) is 4.67. The number of hydrogen-bond donors (Lipinski definition) is 0. The van der Waals surface area contributed by atoms with Gasteiger partial charge in [-0.05, 0) is 13.0 Å². The zero-order valence-corrected chi connectivity index (χ0v) is 6.61. The molecule has 0 nitrogen and oxygen atoms in total. The minimum absolute atomic E-state index is 0.167. The predicted octanol–water partition coefficient (Wildman–Crippen LogP) is 2.70. The largest absolute Gasteiger partial charge is 0.239 e. The monoisotopic (exact) mass is 160 g/mol. The van der Waals surface area contributed by atoms with Crippen LogP contribution in [0.1, 0.15) is 6.92 Å². The van der Waals surface area contributed by atoms with E-state index >= 15 is 0 Å². The highest BCUT2D eigenvalue weighted by Crippen LogP contribution is 2.28. The fourth-order valence-electron chi connectivity index (χ4n) is 0.956. The van der Waals surface area contributed by atoms with E-state index in [0.29, 0.717) is 5.88 Å². The standard InChI is InChI=1S/C8H10ClF/c1-8(10)5-3-2-4-7(8)6-9/h2-5,7H,6H2,1H3. The third-order valence-electron chi connectivity index (χ3n) is 1.77. The Bertz CT molecular complexity index is 170. The maximum absolute atomic E-state index is 13.3. The first kappa shape index (κ1) is 7.80. The molecule has 1 rings (SSSR count). The summed E-state index contributed by atoms with van der Waals surface area (Å²) in [5.41, 5.74) is -1.25. The second-order valence-electron chi connectivity index (χ2n) is 2.66. The topological polar surface area (TPSA) is 0 Å². The fraction of sp³-hybridized carbons (Fsp3) is 0.500. The van der Waals surface area contributed by atoms with Gasteiger partial charge in [0.05, 0.1) is 0 Å². The molecule has 0 aromatic carbocycles. The third kappa shape index (κ3) is 1.40. The molecule has 1 aliphatic carbocycles. The Kier molecular flexibility index (Phi) is 2.14. The van der Waals surface area contributed by atoms with E-state index in [2.05, 4.69) is 0 Å². The highest BCUT2D eigenvalue weighted by molar-refractivity contribution is 6.18. The van der Waals surface area contributed by atoms with Crippen molar-refractivity contribution in [3.8, 4) is 0 Å². The summed E-state index contributed by atoms with van der Waals surface area (Å²) in [7, 11) is 0. The molecule has 0 saturated carbocycles. The highest BCUT2D eigenvalue weighted by Gasteiger charge is 2.29. The van der Waals surface area contributed by atoms with Gasteiger partial charge in [0, 0.05) is 11.8 Å². The van der Waals surface area contributed by atoms with Crippen molar-refractivity contribution in [1.82, 2.24) is 0 Å². The molecule has 0 spiro atoms. The van der Waals surface area contributed by atoms with E-state index in [1.807, 2.05) is 6.08 Å². The lowest BCUT2D eigenvalue weighted by Gasteiger charge is -2.25. The fourth-order valence-corrected chi connectivity index (χ4v) is 1.36. The van der Waals surface area contributed by atoms with Gasteiger partial charge in [-0.2, -0.15) is 0 Å². The maximum atomic E-state index is 13.3. The van der Waals surface area contributed by atoms with Crippen LogP contribution in [-0.2, 0) is 0 Å². The van der Waals surface area contributed by atoms with Crippen LogP contribution in [0.2, 0.25) is 0 Å². The summed E-state index contributed by atoms with van der Waals surface area (Å²) in [6.45, 7) is 1.54. The van der Waals surface area contributed by atoms with Gasteiger partial charge in [-0.3, -0.25) is 0 Å². The molecule has 0 fully saturated rings. The minimum Gasteiger partial charge on any atom is -0.239 e. The van der Waals surface area contributed by atoms with Gasteiger partial charge in [0.2, 0.25) is 0 Å². The normalized spacial score (nSPS) is 38.5. The number of rotatable bonds is 1. The summed E-state index contributed by atoms with van der Waals surface area (Å²) >= 11 is 5.54. The van der Waals surface area contributed by atoms with Gasteiger partial charge in [0.15, 0.2) is 0 Å². The number of hydrogen-bond acceptors (Lipinski definition) is 0. The van der Waals surface area contributed by atoms with E-state index in [1.54, 1.807) is 25.2 Å². The Morgan fingerprint density at radius 1 is 1.60 bits per heavy atom. The number of alkyl halides is 2. The van der Waals surface area contributed by atoms with Crippen LogP contribution in [-0.4, -0.2) is 11.5 Å². The second-order valence-corrected chi connectivity index (χ2v) is 2.96. The predicted molar refractivity (Wildman–Crippen MR) is 42.0 cm³/mol. The van der Waals surface area contributed by atoms with Gasteiger partial charge in [-0.15, -0.1) is 11.6 Å². The van der Waals surface area contributed by atoms with E-state index in [1.165, 1.54) is 0 Å². The molecule has 0 aliphatic heterocycles. The van der Waals surface area contributed by atoms with Crippen LogP contribution < -0.4 is 0 Å². The zero-order valence-electron chi connectivity index (χ0n) is 5.85. The van der Waals surface area contributed by atoms with Crippen LogP contribution in [0, 0.1) is 5.92 Å². The molecule has 2 unspecified atom stereocenters. The molecular formula is C8H10ClF.